The number of rotatable bonds is 6. The number of benzene rings is 6. The van der Waals surface area contributed by atoms with Gasteiger partial charge in [-0.15, -0.1) is 0 Å². The molecule has 0 unspecified atom stereocenters. The number of allylic oxidation sites excluding steroid dienone is 6. The zero-order chi connectivity index (χ0) is 32.5. The normalized spacial score (nSPS) is 19.3. The largest absolute Gasteiger partial charge is 0.289 e. The molecule has 0 spiro atoms. The highest BCUT2D eigenvalue weighted by Gasteiger charge is 2.48. The van der Waals surface area contributed by atoms with Crippen molar-refractivity contribution in [3.63, 3.8) is 0 Å². The molecule has 0 heterocycles. The highest BCUT2D eigenvalue weighted by Crippen LogP contribution is 2.57. The number of carbonyl (C=O) groups excluding carboxylic acids is 2. The van der Waals surface area contributed by atoms with Gasteiger partial charge in [-0.25, -0.2) is 0 Å². The van der Waals surface area contributed by atoms with E-state index in [1.807, 2.05) is 133 Å². The summed E-state index contributed by atoms with van der Waals surface area (Å²) >= 11 is 0. The molecule has 8 rings (SSSR count). The third-order valence-corrected chi connectivity index (χ3v) is 9.49. The Morgan fingerprint density at radius 3 is 0.812 bits per heavy atom. The van der Waals surface area contributed by atoms with Crippen LogP contribution in [-0.2, 0) is 9.59 Å². The second-order valence-electron chi connectivity index (χ2n) is 12.2. The van der Waals surface area contributed by atoms with E-state index in [2.05, 4.69) is 48.5 Å². The van der Waals surface area contributed by atoms with E-state index in [9.17, 15) is 0 Å². The van der Waals surface area contributed by atoms with E-state index >= 15 is 9.59 Å². The van der Waals surface area contributed by atoms with Gasteiger partial charge in [-0.2, -0.15) is 0 Å². The first-order valence-corrected chi connectivity index (χ1v) is 16.4. The van der Waals surface area contributed by atoms with Crippen molar-refractivity contribution in [3.05, 3.63) is 227 Å². The summed E-state index contributed by atoms with van der Waals surface area (Å²) in [5.74, 6) is -1.10. The van der Waals surface area contributed by atoms with Crippen LogP contribution in [-0.4, -0.2) is 11.6 Å². The fourth-order valence-electron chi connectivity index (χ4n) is 7.51. The highest BCUT2D eigenvalue weighted by atomic mass is 16.1. The molecule has 2 atom stereocenters. The lowest BCUT2D eigenvalue weighted by Crippen LogP contribution is -2.16. The van der Waals surface area contributed by atoms with Crippen LogP contribution in [0.25, 0.3) is 22.3 Å². The van der Waals surface area contributed by atoms with E-state index in [0.717, 1.165) is 44.5 Å². The number of Topliss-reactive ketones (excluding diaryl/α,β-unsaturated/α-hetero) is 2. The Labute approximate surface area is 281 Å². The van der Waals surface area contributed by atoms with Crippen molar-refractivity contribution in [3.8, 4) is 0 Å². The van der Waals surface area contributed by atoms with Gasteiger partial charge in [0.25, 0.3) is 0 Å². The van der Waals surface area contributed by atoms with Crippen LogP contribution in [0.4, 0.5) is 0 Å². The summed E-state index contributed by atoms with van der Waals surface area (Å²) in [7, 11) is 0. The van der Waals surface area contributed by atoms with Gasteiger partial charge in [0.1, 0.15) is 0 Å². The molecule has 6 aromatic carbocycles. The van der Waals surface area contributed by atoms with Crippen molar-refractivity contribution in [2.45, 2.75) is 11.8 Å². The molecule has 0 fully saturated rings. The minimum absolute atomic E-state index is 0.0973. The average Bonchev–Trinajstić information content (AvgIpc) is 3.64. The fraction of sp³-hybridized carbons (Fsp3) is 0.0435. The van der Waals surface area contributed by atoms with Gasteiger partial charge < -0.3 is 0 Å². The molecule has 228 valence electrons. The summed E-state index contributed by atoms with van der Waals surface area (Å²) in [5, 5.41) is 0. The van der Waals surface area contributed by atoms with Crippen molar-refractivity contribution in [1.29, 1.82) is 0 Å². The number of hydrogen-bond acceptors (Lipinski definition) is 2. The molecule has 6 aromatic rings. The van der Waals surface area contributed by atoms with Crippen molar-refractivity contribution in [1.82, 2.24) is 0 Å². The van der Waals surface area contributed by atoms with E-state index in [0.29, 0.717) is 22.3 Å². The Bertz CT molecular complexity index is 2050. The van der Waals surface area contributed by atoms with Gasteiger partial charge in [-0.1, -0.05) is 182 Å². The lowest BCUT2D eigenvalue weighted by Gasteiger charge is -2.23. The van der Waals surface area contributed by atoms with Gasteiger partial charge in [0.15, 0.2) is 11.6 Å². The van der Waals surface area contributed by atoms with E-state index in [1.54, 1.807) is 0 Å². The predicted octanol–water partition coefficient (Wildman–Crippen LogP) is 10.2. The molecule has 48 heavy (non-hydrogen) atoms. The zero-order valence-corrected chi connectivity index (χ0v) is 26.3. The van der Waals surface area contributed by atoms with Crippen molar-refractivity contribution in [2.24, 2.45) is 0 Å². The highest BCUT2D eigenvalue weighted by molar-refractivity contribution is 6.46. The van der Waals surface area contributed by atoms with E-state index < -0.39 is 11.8 Å². The van der Waals surface area contributed by atoms with E-state index in [-0.39, 0.29) is 11.6 Å². The second kappa shape index (κ2) is 12.6. The second-order valence-corrected chi connectivity index (χ2v) is 12.2. The molecule has 0 radical (unpaired) electrons. The fourth-order valence-corrected chi connectivity index (χ4v) is 7.51. The first kappa shape index (κ1) is 29.3. The van der Waals surface area contributed by atoms with Crippen molar-refractivity contribution >= 4 is 33.9 Å². The molecule has 0 aromatic heterocycles. The van der Waals surface area contributed by atoms with Crippen LogP contribution in [0.3, 0.4) is 0 Å². The third kappa shape index (κ3) is 4.99. The quantitative estimate of drug-likeness (QED) is 0.175. The van der Waals surface area contributed by atoms with Gasteiger partial charge in [0.2, 0.25) is 0 Å². The Morgan fingerprint density at radius 2 is 0.521 bits per heavy atom. The lowest BCUT2D eigenvalue weighted by molar-refractivity contribution is -0.112. The minimum atomic E-state index is -0.450. The van der Waals surface area contributed by atoms with Gasteiger partial charge >= 0.3 is 0 Å². The molecule has 0 saturated carbocycles. The molecule has 2 heteroatoms. The lowest BCUT2D eigenvalue weighted by atomic mass is 9.78. The van der Waals surface area contributed by atoms with Crippen LogP contribution in [0.1, 0.15) is 45.2 Å². The van der Waals surface area contributed by atoms with E-state index in [1.165, 1.54) is 0 Å². The smallest absolute Gasteiger partial charge is 0.191 e. The van der Waals surface area contributed by atoms with Crippen LogP contribution in [0.2, 0.25) is 0 Å². The molecular weight excluding hydrogens is 585 g/mol. The van der Waals surface area contributed by atoms with Crippen molar-refractivity contribution in [2.75, 3.05) is 0 Å². The third-order valence-electron chi connectivity index (χ3n) is 9.49. The Balaban J connectivity index is 1.50. The predicted molar refractivity (Wildman–Crippen MR) is 195 cm³/mol. The van der Waals surface area contributed by atoms with Crippen LogP contribution in [0.15, 0.2) is 193 Å². The summed E-state index contributed by atoms with van der Waals surface area (Å²) in [5.41, 5.74) is 9.83. The molecule has 2 aliphatic rings. The Morgan fingerprint density at radius 1 is 0.271 bits per heavy atom. The standard InChI is InChI=1S/C46H32O2/c47-45-41(35-27-15-5-16-28-35)37(31-19-7-1-8-20-31)39(33-23-11-3-12-24-33)43(45)44-40(34-25-13-4-14-26-34)38(32-21-9-2-10-22-32)42(46(44)48)36-29-17-6-18-30-36/h1-30,39-40H/b44-43+/t39-,40+. The maximum Gasteiger partial charge on any atom is 0.191 e. The van der Waals surface area contributed by atoms with Gasteiger partial charge in [0.05, 0.1) is 0 Å². The maximum atomic E-state index is 15.4. The Hall–Kier alpha value is -6.12. The average molecular weight is 617 g/mol. The molecule has 2 aliphatic carbocycles. The molecule has 0 amide bonds. The summed E-state index contributed by atoms with van der Waals surface area (Å²) < 4.78 is 0. The SMILES string of the molecule is O=C1C(c2ccccc2)=C(c2ccccc2)[C@@H](c2ccccc2)/C1=C1\C(=O)C(c2ccccc2)=C(c2ccccc2)[C@@H]1c1ccccc1. The van der Waals surface area contributed by atoms with Crippen LogP contribution >= 0.6 is 0 Å². The first-order valence-electron chi connectivity index (χ1n) is 16.4. The van der Waals surface area contributed by atoms with Crippen LogP contribution < -0.4 is 0 Å². The van der Waals surface area contributed by atoms with Crippen molar-refractivity contribution < 1.29 is 9.59 Å². The topological polar surface area (TPSA) is 34.1 Å². The summed E-state index contributed by atoms with van der Waals surface area (Å²) in [6, 6.07) is 60.5. The van der Waals surface area contributed by atoms with Gasteiger partial charge in [0, 0.05) is 34.1 Å². The summed E-state index contributed by atoms with van der Waals surface area (Å²) in [6.45, 7) is 0. The molecule has 2 nitrogen and oxygen atoms in total. The summed E-state index contributed by atoms with van der Waals surface area (Å²) in [4.78, 5) is 30.8. The monoisotopic (exact) mass is 616 g/mol. The maximum absolute atomic E-state index is 15.4. The van der Waals surface area contributed by atoms with Gasteiger partial charge in [-0.05, 0) is 44.5 Å². The van der Waals surface area contributed by atoms with Gasteiger partial charge in [-0.3, -0.25) is 9.59 Å². The molecular formula is C46H32O2. The van der Waals surface area contributed by atoms with E-state index in [4.69, 9.17) is 0 Å². The number of ketones is 2. The number of carbonyl (C=O) groups is 2. The molecule has 0 aliphatic heterocycles. The van der Waals surface area contributed by atoms with Crippen LogP contribution in [0.5, 0.6) is 0 Å². The van der Waals surface area contributed by atoms with Crippen LogP contribution in [0, 0.1) is 0 Å². The Kier molecular flexibility index (Phi) is 7.68. The minimum Gasteiger partial charge on any atom is -0.289 e. The number of hydrogen-bond donors (Lipinski definition) is 0. The molecule has 0 bridgehead atoms. The first-order chi connectivity index (χ1) is 23.7. The molecule has 0 N–H and O–H groups in total. The summed E-state index contributed by atoms with van der Waals surface area (Å²) in [6.07, 6.45) is 0. The molecule has 0 saturated heterocycles. The zero-order valence-electron chi connectivity index (χ0n) is 26.3.